The fraction of sp³-hybridized carbons (Fsp3) is 0.417. The van der Waals surface area contributed by atoms with Crippen LogP contribution >= 0.6 is 0 Å². The van der Waals surface area contributed by atoms with Crippen LogP contribution in [0.3, 0.4) is 0 Å². The van der Waals surface area contributed by atoms with E-state index in [1.807, 2.05) is 0 Å². The SMILES string of the molecule is CC1(C(=O)Nc2ccc(F)cc2[N+](=O)[O-])CCCN1. The van der Waals surface area contributed by atoms with Crippen molar-refractivity contribution in [3.8, 4) is 0 Å². The predicted molar refractivity (Wildman–Crippen MR) is 67.3 cm³/mol. The number of anilines is 1. The lowest BCUT2D eigenvalue weighted by atomic mass is 9.99. The third-order valence-corrected chi connectivity index (χ3v) is 3.27. The molecule has 0 aliphatic carbocycles. The summed E-state index contributed by atoms with van der Waals surface area (Å²) in [6, 6.07) is 3.07. The molecule has 0 spiro atoms. The summed E-state index contributed by atoms with van der Waals surface area (Å²) in [7, 11) is 0. The van der Waals surface area contributed by atoms with E-state index in [-0.39, 0.29) is 11.6 Å². The van der Waals surface area contributed by atoms with E-state index in [2.05, 4.69) is 10.6 Å². The van der Waals surface area contributed by atoms with E-state index in [0.717, 1.165) is 25.1 Å². The summed E-state index contributed by atoms with van der Waals surface area (Å²) in [6.07, 6.45) is 1.53. The molecule has 1 aromatic rings. The molecule has 1 saturated heterocycles. The largest absolute Gasteiger partial charge is 0.319 e. The highest BCUT2D eigenvalue weighted by atomic mass is 19.1. The van der Waals surface area contributed by atoms with Gasteiger partial charge in [0.15, 0.2) is 0 Å². The van der Waals surface area contributed by atoms with Gasteiger partial charge in [-0.1, -0.05) is 0 Å². The Morgan fingerprint density at radius 2 is 2.32 bits per heavy atom. The van der Waals surface area contributed by atoms with E-state index < -0.39 is 22.0 Å². The molecule has 2 rings (SSSR count). The molecular formula is C12H14FN3O3. The Kier molecular flexibility index (Phi) is 3.48. The molecule has 6 nitrogen and oxygen atoms in total. The van der Waals surface area contributed by atoms with Crippen molar-refractivity contribution in [2.45, 2.75) is 25.3 Å². The number of benzene rings is 1. The van der Waals surface area contributed by atoms with Gasteiger partial charge < -0.3 is 10.6 Å². The van der Waals surface area contributed by atoms with Crippen molar-refractivity contribution in [3.63, 3.8) is 0 Å². The van der Waals surface area contributed by atoms with E-state index >= 15 is 0 Å². The molecule has 102 valence electrons. The Balaban J connectivity index is 2.23. The zero-order valence-electron chi connectivity index (χ0n) is 10.4. The van der Waals surface area contributed by atoms with Crippen LogP contribution in [0.4, 0.5) is 15.8 Å². The van der Waals surface area contributed by atoms with Gasteiger partial charge in [0.25, 0.3) is 5.69 Å². The van der Waals surface area contributed by atoms with Crippen molar-refractivity contribution in [1.82, 2.24) is 5.32 Å². The highest BCUT2D eigenvalue weighted by Crippen LogP contribution is 2.27. The topological polar surface area (TPSA) is 84.3 Å². The molecule has 1 unspecified atom stereocenters. The fourth-order valence-corrected chi connectivity index (χ4v) is 2.11. The highest BCUT2D eigenvalue weighted by Gasteiger charge is 2.36. The number of halogens is 1. The van der Waals surface area contributed by atoms with Crippen molar-refractivity contribution < 1.29 is 14.1 Å². The molecule has 1 atom stereocenters. The van der Waals surface area contributed by atoms with E-state index in [4.69, 9.17) is 0 Å². The second-order valence-corrected chi connectivity index (χ2v) is 4.74. The maximum atomic E-state index is 13.0. The average Bonchev–Trinajstić information content (AvgIpc) is 2.79. The van der Waals surface area contributed by atoms with Crippen LogP contribution in [0.2, 0.25) is 0 Å². The molecule has 1 amide bonds. The lowest BCUT2D eigenvalue weighted by molar-refractivity contribution is -0.384. The third kappa shape index (κ3) is 2.70. The van der Waals surface area contributed by atoms with Crippen LogP contribution in [0, 0.1) is 15.9 Å². The summed E-state index contributed by atoms with van der Waals surface area (Å²) in [5, 5.41) is 16.4. The number of carbonyl (C=O) groups is 1. The smallest absolute Gasteiger partial charge is 0.295 e. The van der Waals surface area contributed by atoms with Crippen LogP contribution in [0.15, 0.2) is 18.2 Å². The van der Waals surface area contributed by atoms with Gasteiger partial charge in [-0.15, -0.1) is 0 Å². The highest BCUT2D eigenvalue weighted by molar-refractivity contribution is 5.99. The van der Waals surface area contributed by atoms with Crippen LogP contribution in [0.5, 0.6) is 0 Å². The van der Waals surface area contributed by atoms with Gasteiger partial charge in [-0.05, 0) is 38.4 Å². The number of hydrogen-bond acceptors (Lipinski definition) is 4. The lowest BCUT2D eigenvalue weighted by Gasteiger charge is -2.22. The van der Waals surface area contributed by atoms with Crippen LogP contribution < -0.4 is 10.6 Å². The number of nitro benzene ring substituents is 1. The van der Waals surface area contributed by atoms with Crippen molar-refractivity contribution in [2.24, 2.45) is 0 Å². The van der Waals surface area contributed by atoms with Gasteiger partial charge in [-0.3, -0.25) is 14.9 Å². The summed E-state index contributed by atoms with van der Waals surface area (Å²) < 4.78 is 13.0. The minimum Gasteiger partial charge on any atom is -0.319 e. The van der Waals surface area contributed by atoms with Gasteiger partial charge in [0.2, 0.25) is 5.91 Å². The summed E-state index contributed by atoms with van der Waals surface area (Å²) in [5.74, 6) is -1.06. The second-order valence-electron chi connectivity index (χ2n) is 4.74. The minimum atomic E-state index is -0.734. The first-order chi connectivity index (χ1) is 8.92. The molecule has 1 aliphatic rings. The number of hydrogen-bond donors (Lipinski definition) is 2. The minimum absolute atomic E-state index is 0.00586. The molecule has 0 aromatic heterocycles. The molecule has 0 bridgehead atoms. The Morgan fingerprint density at radius 3 is 2.89 bits per heavy atom. The van der Waals surface area contributed by atoms with Gasteiger partial charge in [0, 0.05) is 0 Å². The second kappa shape index (κ2) is 4.93. The van der Waals surface area contributed by atoms with E-state index in [1.54, 1.807) is 6.92 Å². The molecule has 1 aliphatic heterocycles. The number of nitrogens with zero attached hydrogens (tertiary/aromatic N) is 1. The quantitative estimate of drug-likeness (QED) is 0.646. The summed E-state index contributed by atoms with van der Waals surface area (Å²) in [5.41, 5.74) is -1.18. The summed E-state index contributed by atoms with van der Waals surface area (Å²) in [4.78, 5) is 22.2. The van der Waals surface area contributed by atoms with Crippen molar-refractivity contribution >= 4 is 17.3 Å². The molecule has 1 fully saturated rings. The maximum absolute atomic E-state index is 13.0. The van der Waals surface area contributed by atoms with E-state index in [0.29, 0.717) is 6.42 Å². The Hall–Kier alpha value is -2.02. The predicted octanol–water partition coefficient (Wildman–Crippen LogP) is 1.81. The zero-order chi connectivity index (χ0) is 14.0. The summed E-state index contributed by atoms with van der Waals surface area (Å²) >= 11 is 0. The van der Waals surface area contributed by atoms with Crippen molar-refractivity contribution in [2.75, 3.05) is 11.9 Å². The van der Waals surface area contributed by atoms with Crippen LogP contribution in [0.25, 0.3) is 0 Å². The van der Waals surface area contributed by atoms with Gasteiger partial charge in [0.1, 0.15) is 11.5 Å². The maximum Gasteiger partial charge on any atom is 0.295 e. The Labute approximate surface area is 109 Å². The molecular weight excluding hydrogens is 253 g/mol. The first kappa shape index (κ1) is 13.4. The number of carbonyl (C=O) groups excluding carboxylic acids is 1. The third-order valence-electron chi connectivity index (χ3n) is 3.27. The number of nitrogens with one attached hydrogen (secondary N) is 2. The fourth-order valence-electron chi connectivity index (χ4n) is 2.11. The van der Waals surface area contributed by atoms with Gasteiger partial charge in [-0.25, -0.2) is 4.39 Å². The van der Waals surface area contributed by atoms with E-state index in [1.165, 1.54) is 6.07 Å². The number of nitro groups is 1. The first-order valence-corrected chi connectivity index (χ1v) is 5.93. The summed E-state index contributed by atoms with van der Waals surface area (Å²) in [6.45, 7) is 2.47. The van der Waals surface area contributed by atoms with Crippen LogP contribution in [-0.2, 0) is 4.79 Å². The molecule has 0 saturated carbocycles. The molecule has 0 radical (unpaired) electrons. The Bertz CT molecular complexity index is 527. The molecule has 7 heteroatoms. The van der Waals surface area contributed by atoms with Crippen molar-refractivity contribution in [1.29, 1.82) is 0 Å². The average molecular weight is 267 g/mol. The lowest BCUT2D eigenvalue weighted by Crippen LogP contribution is -2.48. The monoisotopic (exact) mass is 267 g/mol. The van der Waals surface area contributed by atoms with Crippen LogP contribution in [0.1, 0.15) is 19.8 Å². The van der Waals surface area contributed by atoms with Crippen molar-refractivity contribution in [3.05, 3.63) is 34.1 Å². The Morgan fingerprint density at radius 1 is 1.58 bits per heavy atom. The number of amides is 1. The molecule has 1 heterocycles. The zero-order valence-corrected chi connectivity index (χ0v) is 10.4. The molecule has 2 N–H and O–H groups in total. The van der Waals surface area contributed by atoms with Gasteiger partial charge in [-0.2, -0.15) is 0 Å². The normalized spacial score (nSPS) is 22.2. The van der Waals surface area contributed by atoms with E-state index in [9.17, 15) is 19.3 Å². The molecule has 19 heavy (non-hydrogen) atoms. The standard InChI is InChI=1S/C12H14FN3O3/c1-12(5-2-6-14-12)11(17)15-9-4-3-8(13)7-10(9)16(18)19/h3-4,7,14H,2,5-6H2,1H3,(H,15,17). The van der Waals surface area contributed by atoms with Gasteiger partial charge in [0.05, 0.1) is 16.5 Å². The molecule has 1 aromatic carbocycles. The number of rotatable bonds is 3. The first-order valence-electron chi connectivity index (χ1n) is 5.93. The van der Waals surface area contributed by atoms with Crippen LogP contribution in [-0.4, -0.2) is 22.9 Å². The van der Waals surface area contributed by atoms with Gasteiger partial charge >= 0.3 is 0 Å².